The highest BCUT2D eigenvalue weighted by Crippen LogP contribution is 2.20. The van der Waals surface area contributed by atoms with Crippen molar-refractivity contribution in [3.63, 3.8) is 0 Å². The molecule has 0 amide bonds. The fourth-order valence-electron chi connectivity index (χ4n) is 2.22. The molecule has 1 aromatic rings. The lowest BCUT2D eigenvalue weighted by atomic mass is 10.1. The number of ether oxygens (including phenoxy) is 1. The van der Waals surface area contributed by atoms with E-state index in [9.17, 15) is 0 Å². The van der Waals surface area contributed by atoms with Crippen LogP contribution in [-0.4, -0.2) is 22.9 Å². The molecule has 0 aliphatic carbocycles. The van der Waals surface area contributed by atoms with Crippen LogP contribution in [0.4, 0.5) is 0 Å². The Bertz CT molecular complexity index is 360. The first-order valence-electron chi connectivity index (χ1n) is 6.90. The van der Waals surface area contributed by atoms with Crippen molar-refractivity contribution in [3.05, 3.63) is 11.3 Å². The molecule has 4 nitrogen and oxygen atoms in total. The fraction of sp³-hybridized carbons (Fsp3) is 0.786. The van der Waals surface area contributed by atoms with E-state index >= 15 is 0 Å². The third kappa shape index (κ3) is 4.02. The van der Waals surface area contributed by atoms with E-state index in [0.29, 0.717) is 6.04 Å². The monoisotopic (exact) mass is 253 g/mol. The molecule has 0 spiro atoms. The maximum Gasteiger partial charge on any atom is 0.216 e. The Balaban J connectivity index is 2.47. The van der Waals surface area contributed by atoms with Gasteiger partial charge >= 0.3 is 0 Å². The third-order valence-electron chi connectivity index (χ3n) is 3.35. The maximum atomic E-state index is 5.39. The van der Waals surface area contributed by atoms with Crippen molar-refractivity contribution in [3.8, 4) is 5.88 Å². The van der Waals surface area contributed by atoms with E-state index in [1.807, 2.05) is 14.0 Å². The first kappa shape index (κ1) is 15.0. The summed E-state index contributed by atoms with van der Waals surface area (Å²) in [4.78, 5) is 0. The molecule has 0 aliphatic heterocycles. The summed E-state index contributed by atoms with van der Waals surface area (Å²) in [5.74, 6) is 0.862. The molecule has 1 heterocycles. The summed E-state index contributed by atoms with van der Waals surface area (Å²) in [6.45, 7) is 7.34. The number of methoxy groups -OCH3 is 1. The van der Waals surface area contributed by atoms with E-state index in [0.717, 1.165) is 18.1 Å². The first-order chi connectivity index (χ1) is 8.60. The molecule has 1 N–H and O–H groups in total. The predicted molar refractivity (Wildman–Crippen MR) is 74.9 cm³/mol. The van der Waals surface area contributed by atoms with Crippen LogP contribution in [0.1, 0.15) is 50.8 Å². The smallest absolute Gasteiger partial charge is 0.216 e. The minimum atomic E-state index is 0.542. The van der Waals surface area contributed by atoms with Gasteiger partial charge in [-0.1, -0.05) is 26.2 Å². The SMILES string of the molecule is CCCCCC(C)NCc1c(C)nn(C)c1OC. The van der Waals surface area contributed by atoms with Crippen molar-refractivity contribution >= 4 is 0 Å². The normalized spacial score (nSPS) is 12.7. The molecule has 0 saturated carbocycles. The Labute approximate surface area is 111 Å². The average Bonchev–Trinajstić information content (AvgIpc) is 2.61. The van der Waals surface area contributed by atoms with E-state index in [-0.39, 0.29) is 0 Å². The van der Waals surface area contributed by atoms with Crippen molar-refractivity contribution in [1.29, 1.82) is 0 Å². The maximum absolute atomic E-state index is 5.39. The van der Waals surface area contributed by atoms with E-state index in [2.05, 4.69) is 24.3 Å². The minimum absolute atomic E-state index is 0.542. The van der Waals surface area contributed by atoms with Crippen LogP contribution in [0.2, 0.25) is 0 Å². The molecule has 0 aromatic carbocycles. The molecule has 0 radical (unpaired) electrons. The molecule has 104 valence electrons. The van der Waals surface area contributed by atoms with E-state index in [1.165, 1.54) is 31.2 Å². The summed E-state index contributed by atoms with van der Waals surface area (Å²) in [7, 11) is 3.62. The van der Waals surface area contributed by atoms with Gasteiger partial charge < -0.3 is 10.1 Å². The van der Waals surface area contributed by atoms with Gasteiger partial charge in [0.25, 0.3) is 0 Å². The van der Waals surface area contributed by atoms with Gasteiger partial charge in [-0.15, -0.1) is 0 Å². The van der Waals surface area contributed by atoms with Gasteiger partial charge in [-0.3, -0.25) is 0 Å². The number of rotatable bonds is 8. The lowest BCUT2D eigenvalue weighted by molar-refractivity contribution is 0.366. The second-order valence-electron chi connectivity index (χ2n) is 4.97. The molecule has 18 heavy (non-hydrogen) atoms. The topological polar surface area (TPSA) is 39.1 Å². The molecular formula is C14H27N3O. The molecular weight excluding hydrogens is 226 g/mol. The molecule has 0 fully saturated rings. The second kappa shape index (κ2) is 7.41. The average molecular weight is 253 g/mol. The van der Waals surface area contributed by atoms with Crippen LogP contribution in [0, 0.1) is 6.92 Å². The summed E-state index contributed by atoms with van der Waals surface area (Å²) in [5.41, 5.74) is 2.21. The fourth-order valence-corrected chi connectivity index (χ4v) is 2.22. The Morgan fingerprint density at radius 3 is 2.72 bits per heavy atom. The quantitative estimate of drug-likeness (QED) is 0.724. The zero-order valence-corrected chi connectivity index (χ0v) is 12.4. The predicted octanol–water partition coefficient (Wildman–Crippen LogP) is 2.80. The molecule has 1 aromatic heterocycles. The number of hydrogen-bond acceptors (Lipinski definition) is 3. The lowest BCUT2D eigenvalue weighted by Crippen LogP contribution is -2.25. The molecule has 4 heteroatoms. The van der Waals surface area contributed by atoms with Crippen LogP contribution in [0.3, 0.4) is 0 Å². The summed E-state index contributed by atoms with van der Waals surface area (Å²) in [6, 6.07) is 0.542. The highest BCUT2D eigenvalue weighted by molar-refractivity contribution is 5.30. The molecule has 1 atom stereocenters. The Morgan fingerprint density at radius 2 is 2.11 bits per heavy atom. The summed E-state index contributed by atoms with van der Waals surface area (Å²) in [5, 5.41) is 7.94. The largest absolute Gasteiger partial charge is 0.481 e. The zero-order valence-electron chi connectivity index (χ0n) is 12.4. The number of nitrogens with zero attached hydrogens (tertiary/aromatic N) is 2. The second-order valence-corrected chi connectivity index (χ2v) is 4.97. The zero-order chi connectivity index (χ0) is 13.5. The first-order valence-corrected chi connectivity index (χ1v) is 6.90. The standard InChI is InChI=1S/C14H27N3O/c1-6-7-8-9-11(2)15-10-13-12(3)16-17(4)14(13)18-5/h11,15H,6-10H2,1-5H3. The molecule has 0 saturated heterocycles. The van der Waals surface area contributed by atoms with E-state index in [1.54, 1.807) is 11.8 Å². The lowest BCUT2D eigenvalue weighted by Gasteiger charge is -2.14. The number of nitrogens with one attached hydrogen (secondary N) is 1. The van der Waals surface area contributed by atoms with Crippen LogP contribution in [0.5, 0.6) is 5.88 Å². The van der Waals surface area contributed by atoms with E-state index < -0.39 is 0 Å². The number of unbranched alkanes of at least 4 members (excludes halogenated alkanes) is 2. The van der Waals surface area contributed by atoms with Crippen LogP contribution >= 0.6 is 0 Å². The van der Waals surface area contributed by atoms with Crippen LogP contribution in [0.15, 0.2) is 0 Å². The number of hydrogen-bond donors (Lipinski definition) is 1. The highest BCUT2D eigenvalue weighted by atomic mass is 16.5. The van der Waals surface area contributed by atoms with Crippen LogP contribution < -0.4 is 10.1 Å². The highest BCUT2D eigenvalue weighted by Gasteiger charge is 2.14. The number of aromatic nitrogens is 2. The van der Waals surface area contributed by atoms with Crippen molar-refractivity contribution in [1.82, 2.24) is 15.1 Å². The molecule has 0 bridgehead atoms. The van der Waals surface area contributed by atoms with Gasteiger partial charge in [0.2, 0.25) is 5.88 Å². The molecule has 1 unspecified atom stereocenters. The van der Waals surface area contributed by atoms with Crippen LogP contribution in [-0.2, 0) is 13.6 Å². The summed E-state index contributed by atoms with van der Waals surface area (Å²) in [6.07, 6.45) is 5.13. The Hall–Kier alpha value is -1.03. The van der Waals surface area contributed by atoms with Gasteiger partial charge in [-0.25, -0.2) is 4.68 Å². The Morgan fingerprint density at radius 1 is 1.39 bits per heavy atom. The van der Waals surface area contributed by atoms with Gasteiger partial charge in [0.1, 0.15) is 0 Å². The van der Waals surface area contributed by atoms with Crippen molar-refractivity contribution < 1.29 is 4.74 Å². The minimum Gasteiger partial charge on any atom is -0.481 e. The number of aryl methyl sites for hydroxylation is 2. The van der Waals surface area contributed by atoms with Crippen molar-refractivity contribution in [2.75, 3.05) is 7.11 Å². The van der Waals surface area contributed by atoms with E-state index in [4.69, 9.17) is 4.74 Å². The molecule has 0 aliphatic rings. The summed E-state index contributed by atoms with van der Waals surface area (Å²) >= 11 is 0. The van der Waals surface area contributed by atoms with Crippen molar-refractivity contribution in [2.45, 2.75) is 59.0 Å². The molecule has 1 rings (SSSR count). The van der Waals surface area contributed by atoms with Gasteiger partial charge in [-0.05, 0) is 20.3 Å². The van der Waals surface area contributed by atoms with Gasteiger partial charge in [0, 0.05) is 19.6 Å². The van der Waals surface area contributed by atoms with Gasteiger partial charge in [0.15, 0.2) is 0 Å². The van der Waals surface area contributed by atoms with Gasteiger partial charge in [-0.2, -0.15) is 5.10 Å². The van der Waals surface area contributed by atoms with Gasteiger partial charge in [0.05, 0.1) is 18.4 Å². The Kier molecular flexibility index (Phi) is 6.19. The van der Waals surface area contributed by atoms with Crippen LogP contribution in [0.25, 0.3) is 0 Å². The summed E-state index contributed by atoms with van der Waals surface area (Å²) < 4.78 is 7.19. The third-order valence-corrected chi connectivity index (χ3v) is 3.35. The van der Waals surface area contributed by atoms with Crippen molar-refractivity contribution in [2.24, 2.45) is 7.05 Å².